The molecule has 28 heavy (non-hydrogen) atoms. The molecule has 1 aromatic heterocycles. The number of hydrogen-bond donors (Lipinski definition) is 1. The van der Waals surface area contributed by atoms with Gasteiger partial charge in [0.15, 0.2) is 0 Å². The molecule has 0 aliphatic heterocycles. The molecule has 7 heteroatoms. The van der Waals surface area contributed by atoms with Gasteiger partial charge in [0.25, 0.3) is 5.56 Å². The van der Waals surface area contributed by atoms with Gasteiger partial charge in [-0.1, -0.05) is 0 Å². The third-order valence-electron chi connectivity index (χ3n) is 4.03. The van der Waals surface area contributed by atoms with Crippen LogP contribution in [-0.4, -0.2) is 28.3 Å². The molecule has 6 nitrogen and oxygen atoms in total. The highest BCUT2D eigenvalue weighted by Crippen LogP contribution is 2.20. The van der Waals surface area contributed by atoms with Gasteiger partial charge < -0.3 is 10.1 Å². The number of aromatic nitrogens is 2. The molecule has 144 valence electrons. The van der Waals surface area contributed by atoms with Crippen molar-refractivity contribution < 1.29 is 9.53 Å². The second kappa shape index (κ2) is 9.23. The van der Waals surface area contributed by atoms with Gasteiger partial charge in [0.1, 0.15) is 12.3 Å². The van der Waals surface area contributed by atoms with E-state index in [2.05, 4.69) is 10.3 Å². The first-order valence-corrected chi connectivity index (χ1v) is 10.0. The van der Waals surface area contributed by atoms with Gasteiger partial charge in [-0.3, -0.25) is 14.2 Å². The lowest BCUT2D eigenvalue weighted by molar-refractivity contribution is -0.116. The van der Waals surface area contributed by atoms with Crippen LogP contribution in [-0.2, 0) is 11.3 Å². The number of carbonyl (C=O) groups is 1. The molecule has 0 saturated carbocycles. The number of nitrogens with one attached hydrogen (secondary N) is 1. The predicted molar refractivity (Wildman–Crippen MR) is 112 cm³/mol. The van der Waals surface area contributed by atoms with E-state index in [1.807, 2.05) is 61.7 Å². The Bertz CT molecular complexity index is 999. The van der Waals surface area contributed by atoms with Crippen molar-refractivity contribution in [2.75, 3.05) is 18.2 Å². The van der Waals surface area contributed by atoms with Crippen molar-refractivity contribution in [3.63, 3.8) is 0 Å². The fraction of sp³-hybridized carbons (Fsp3) is 0.190. The molecule has 0 bridgehead atoms. The number of thioether (sulfide) groups is 1. The summed E-state index contributed by atoms with van der Waals surface area (Å²) in [6.45, 7) is 2.42. The molecular weight excluding hydrogens is 374 g/mol. The van der Waals surface area contributed by atoms with E-state index < -0.39 is 0 Å². The van der Waals surface area contributed by atoms with Crippen LogP contribution in [0.2, 0.25) is 0 Å². The average Bonchev–Trinajstić information content (AvgIpc) is 2.71. The zero-order valence-corrected chi connectivity index (χ0v) is 16.5. The van der Waals surface area contributed by atoms with Gasteiger partial charge in [0.05, 0.1) is 18.6 Å². The zero-order chi connectivity index (χ0) is 19.9. The van der Waals surface area contributed by atoms with Crippen LogP contribution in [0.15, 0.2) is 70.6 Å². The molecule has 2 aromatic carbocycles. The molecule has 0 spiro atoms. The molecule has 0 aliphatic rings. The third-order valence-corrected chi connectivity index (χ3v) is 4.77. The van der Waals surface area contributed by atoms with Crippen LogP contribution in [0.5, 0.6) is 5.75 Å². The number of rotatable bonds is 7. The van der Waals surface area contributed by atoms with Crippen molar-refractivity contribution in [1.82, 2.24) is 9.55 Å². The van der Waals surface area contributed by atoms with Gasteiger partial charge in [0, 0.05) is 22.2 Å². The Kier molecular flexibility index (Phi) is 6.49. The van der Waals surface area contributed by atoms with Crippen LogP contribution in [0.4, 0.5) is 5.69 Å². The van der Waals surface area contributed by atoms with E-state index in [1.54, 1.807) is 11.8 Å². The highest BCUT2D eigenvalue weighted by atomic mass is 32.2. The monoisotopic (exact) mass is 395 g/mol. The number of ether oxygens (including phenoxy) is 1. The lowest BCUT2D eigenvalue weighted by Gasteiger charge is -2.09. The van der Waals surface area contributed by atoms with Crippen molar-refractivity contribution >= 4 is 23.4 Å². The van der Waals surface area contributed by atoms with Crippen molar-refractivity contribution in [2.45, 2.75) is 18.4 Å². The molecule has 0 unspecified atom stereocenters. The molecule has 0 atom stereocenters. The Morgan fingerprint density at radius 3 is 2.46 bits per heavy atom. The number of benzene rings is 2. The lowest BCUT2D eigenvalue weighted by Crippen LogP contribution is -2.27. The van der Waals surface area contributed by atoms with Crippen molar-refractivity contribution in [1.29, 1.82) is 0 Å². The summed E-state index contributed by atoms with van der Waals surface area (Å²) in [7, 11) is 0. The summed E-state index contributed by atoms with van der Waals surface area (Å²) in [5.74, 6) is 0.483. The highest BCUT2D eigenvalue weighted by Gasteiger charge is 2.08. The first kappa shape index (κ1) is 19.7. The fourth-order valence-corrected chi connectivity index (χ4v) is 3.03. The molecule has 0 fully saturated rings. The molecular formula is C21H21N3O3S. The van der Waals surface area contributed by atoms with Crippen LogP contribution in [0.25, 0.3) is 11.3 Å². The van der Waals surface area contributed by atoms with E-state index in [-0.39, 0.29) is 18.0 Å². The van der Waals surface area contributed by atoms with Gasteiger partial charge in [-0.15, -0.1) is 11.8 Å². The maximum atomic E-state index is 12.4. The molecule has 1 heterocycles. The summed E-state index contributed by atoms with van der Waals surface area (Å²) in [5, 5.41) is 2.78. The number of nitrogens with zero attached hydrogens (tertiary/aromatic N) is 2. The average molecular weight is 395 g/mol. The molecule has 0 radical (unpaired) electrons. The van der Waals surface area contributed by atoms with Crippen molar-refractivity contribution in [3.05, 3.63) is 71.3 Å². The first-order valence-electron chi connectivity index (χ1n) is 8.82. The number of hydrogen-bond acceptors (Lipinski definition) is 5. The number of anilines is 1. The summed E-state index contributed by atoms with van der Waals surface area (Å²) in [4.78, 5) is 30.0. The SMILES string of the molecule is CCOc1ccc(-c2cc(=O)n(CC(=O)Nc3ccc(SC)cc3)cn2)cc1. The minimum Gasteiger partial charge on any atom is -0.494 e. The second-order valence-corrected chi connectivity index (χ2v) is 6.85. The third kappa shape index (κ3) is 5.01. The maximum Gasteiger partial charge on any atom is 0.254 e. The second-order valence-electron chi connectivity index (χ2n) is 5.97. The highest BCUT2D eigenvalue weighted by molar-refractivity contribution is 7.98. The minimum atomic E-state index is -0.285. The molecule has 0 saturated heterocycles. The Morgan fingerprint density at radius 2 is 1.86 bits per heavy atom. The molecule has 3 aromatic rings. The molecule has 1 N–H and O–H groups in total. The van der Waals surface area contributed by atoms with Crippen LogP contribution in [0.3, 0.4) is 0 Å². The topological polar surface area (TPSA) is 73.2 Å². The van der Waals surface area contributed by atoms with Gasteiger partial charge >= 0.3 is 0 Å². The largest absolute Gasteiger partial charge is 0.494 e. The van der Waals surface area contributed by atoms with Gasteiger partial charge in [-0.2, -0.15) is 0 Å². The molecule has 3 rings (SSSR count). The molecule has 0 aliphatic carbocycles. The van der Waals surface area contributed by atoms with Crippen molar-refractivity contribution in [2.24, 2.45) is 0 Å². The Hall–Kier alpha value is -3.06. The summed E-state index contributed by atoms with van der Waals surface area (Å²) < 4.78 is 6.69. The van der Waals surface area contributed by atoms with E-state index in [1.165, 1.54) is 17.0 Å². The van der Waals surface area contributed by atoms with Crippen LogP contribution in [0.1, 0.15) is 6.92 Å². The Morgan fingerprint density at radius 1 is 1.14 bits per heavy atom. The Labute approximate surface area is 167 Å². The van der Waals surface area contributed by atoms with Crippen LogP contribution < -0.4 is 15.6 Å². The van der Waals surface area contributed by atoms with Crippen LogP contribution >= 0.6 is 11.8 Å². The summed E-state index contributed by atoms with van der Waals surface area (Å²) in [6, 6.07) is 16.3. The number of amides is 1. The van der Waals surface area contributed by atoms with Gasteiger partial charge in [-0.05, 0) is 61.7 Å². The molecule has 1 amide bonds. The quantitative estimate of drug-likeness (QED) is 0.618. The first-order chi connectivity index (χ1) is 13.6. The minimum absolute atomic E-state index is 0.0975. The van der Waals surface area contributed by atoms with E-state index in [9.17, 15) is 9.59 Å². The smallest absolute Gasteiger partial charge is 0.254 e. The van der Waals surface area contributed by atoms with E-state index in [0.29, 0.717) is 18.0 Å². The lowest BCUT2D eigenvalue weighted by atomic mass is 10.1. The Balaban J connectivity index is 1.67. The summed E-state index contributed by atoms with van der Waals surface area (Å²) in [6.07, 6.45) is 3.38. The van der Waals surface area contributed by atoms with E-state index in [0.717, 1.165) is 16.2 Å². The summed E-state index contributed by atoms with van der Waals surface area (Å²) in [5.41, 5.74) is 1.77. The van der Waals surface area contributed by atoms with Gasteiger partial charge in [0.2, 0.25) is 5.91 Å². The van der Waals surface area contributed by atoms with Crippen molar-refractivity contribution in [3.8, 4) is 17.0 Å². The van der Waals surface area contributed by atoms with E-state index >= 15 is 0 Å². The predicted octanol–water partition coefficient (Wildman–Crippen LogP) is 3.67. The van der Waals surface area contributed by atoms with Crippen LogP contribution in [0, 0.1) is 0 Å². The number of carbonyl (C=O) groups excluding carboxylic acids is 1. The fourth-order valence-electron chi connectivity index (χ4n) is 2.62. The summed E-state index contributed by atoms with van der Waals surface area (Å²) >= 11 is 1.63. The maximum absolute atomic E-state index is 12.4. The van der Waals surface area contributed by atoms with E-state index in [4.69, 9.17) is 4.74 Å². The normalized spacial score (nSPS) is 10.5. The zero-order valence-electron chi connectivity index (χ0n) is 15.7. The van der Waals surface area contributed by atoms with Gasteiger partial charge in [-0.25, -0.2) is 4.98 Å². The standard InChI is InChI=1S/C21H21N3O3S/c1-3-27-17-8-4-15(5-9-17)19-12-21(26)24(14-22-19)13-20(25)23-16-6-10-18(28-2)11-7-16/h4-12,14H,3,13H2,1-2H3,(H,23,25).